The van der Waals surface area contributed by atoms with E-state index in [1.54, 1.807) is 0 Å². The molecule has 1 nitrogen and oxygen atoms in total. The monoisotopic (exact) mass is 214 g/mol. The normalized spacial score (nSPS) is 11.5. The lowest BCUT2D eigenvalue weighted by atomic mass is 10.3. The van der Waals surface area contributed by atoms with E-state index in [9.17, 15) is 0 Å². The van der Waals surface area contributed by atoms with Gasteiger partial charge in [0, 0.05) is 0 Å². The molecule has 60 valence electrons. The van der Waals surface area contributed by atoms with Crippen LogP contribution in [0, 0.1) is 0 Å². The largest absolute Gasteiger partial charge is 0.287 e. The molecule has 0 bridgehead atoms. The Morgan fingerprint density at radius 3 is 2.18 bits per heavy atom. The zero-order valence-electron chi connectivity index (χ0n) is 6.92. The summed E-state index contributed by atoms with van der Waals surface area (Å²) in [5.74, 6) is 0. The fraction of sp³-hybridized carbons (Fsp3) is 0.333. The molecule has 0 aliphatic heterocycles. The maximum atomic E-state index is 3.48. The average Bonchev–Trinajstić information content (AvgIpc) is 2.06. The highest BCUT2D eigenvalue weighted by Crippen LogP contribution is 2.18. The molecule has 0 aliphatic rings. The molecule has 0 radical (unpaired) electrons. The summed E-state index contributed by atoms with van der Waals surface area (Å²) >= 11 is 3.48. The zero-order valence-corrected chi connectivity index (χ0v) is 8.51. The number of para-hydroxylation sites is 1. The van der Waals surface area contributed by atoms with Crippen LogP contribution in [0.1, 0.15) is 0 Å². The first-order valence-corrected chi connectivity index (χ1v) is 4.73. The smallest absolute Gasteiger partial charge is 0.138 e. The first-order valence-electron chi connectivity index (χ1n) is 3.61. The Balaban J connectivity index is 2.93. The van der Waals surface area contributed by atoms with E-state index in [1.807, 2.05) is 6.07 Å². The third kappa shape index (κ3) is 2.04. The Labute approximate surface area is 76.4 Å². The Morgan fingerprint density at radius 1 is 1.18 bits per heavy atom. The van der Waals surface area contributed by atoms with Gasteiger partial charge in [-0.15, -0.1) is 0 Å². The number of hydrogen-bond acceptors (Lipinski definition) is 0. The van der Waals surface area contributed by atoms with Crippen molar-refractivity contribution in [2.24, 2.45) is 0 Å². The van der Waals surface area contributed by atoms with Gasteiger partial charge in [-0.2, -0.15) is 0 Å². The van der Waals surface area contributed by atoms with Gasteiger partial charge in [0.2, 0.25) is 0 Å². The molecular weight excluding hydrogens is 202 g/mol. The second-order valence-corrected chi connectivity index (χ2v) is 3.64. The molecule has 0 spiro atoms. The Bertz CT molecular complexity index is 218. The minimum atomic E-state index is 0.876. The summed E-state index contributed by atoms with van der Waals surface area (Å²) in [6, 6.07) is 10.5. The van der Waals surface area contributed by atoms with Crippen molar-refractivity contribution >= 4 is 21.6 Å². The lowest BCUT2D eigenvalue weighted by molar-refractivity contribution is 0.472. The molecule has 0 heterocycles. The number of rotatable bonds is 2. The Morgan fingerprint density at radius 2 is 1.73 bits per heavy atom. The van der Waals surface area contributed by atoms with Crippen LogP contribution in [0.3, 0.4) is 0 Å². The molecule has 0 saturated heterocycles. The molecule has 1 aromatic carbocycles. The third-order valence-corrected chi connectivity index (χ3v) is 3.01. The molecule has 11 heavy (non-hydrogen) atoms. The standard InChI is InChI=1S/C9H13BrN/c1-11(2,8-10)9-6-4-3-5-7-9/h3-7H,8H2,1-2H3/q+1. The second-order valence-electron chi connectivity index (χ2n) is 3.14. The van der Waals surface area contributed by atoms with Gasteiger partial charge in [0.25, 0.3) is 0 Å². The average molecular weight is 215 g/mol. The van der Waals surface area contributed by atoms with Crippen molar-refractivity contribution in [3.8, 4) is 0 Å². The van der Waals surface area contributed by atoms with Crippen molar-refractivity contribution < 1.29 is 0 Å². The predicted octanol–water partition coefficient (Wildman–Crippen LogP) is 2.61. The van der Waals surface area contributed by atoms with E-state index >= 15 is 0 Å². The number of benzene rings is 1. The molecule has 0 atom stereocenters. The van der Waals surface area contributed by atoms with Crippen LogP contribution in [0.4, 0.5) is 5.69 Å². The van der Waals surface area contributed by atoms with E-state index in [4.69, 9.17) is 0 Å². The van der Waals surface area contributed by atoms with Crippen molar-refractivity contribution in [2.45, 2.75) is 0 Å². The predicted molar refractivity (Wildman–Crippen MR) is 53.9 cm³/mol. The van der Waals surface area contributed by atoms with Crippen LogP contribution in [0.25, 0.3) is 0 Å². The van der Waals surface area contributed by atoms with Crippen LogP contribution in [-0.2, 0) is 0 Å². The zero-order chi connectivity index (χ0) is 8.32. The van der Waals surface area contributed by atoms with Crippen molar-refractivity contribution in [1.29, 1.82) is 0 Å². The van der Waals surface area contributed by atoms with Crippen molar-refractivity contribution in [2.75, 3.05) is 19.5 Å². The quantitative estimate of drug-likeness (QED) is 0.404. The number of hydrogen-bond donors (Lipinski definition) is 0. The molecule has 0 N–H and O–H groups in total. The molecule has 0 aliphatic carbocycles. The van der Waals surface area contributed by atoms with E-state index in [-0.39, 0.29) is 0 Å². The maximum absolute atomic E-state index is 3.48. The summed E-state index contributed by atoms with van der Waals surface area (Å²) in [5.41, 5.74) is 2.26. The molecule has 0 fully saturated rings. The lowest BCUT2D eigenvalue weighted by Crippen LogP contribution is -2.38. The van der Waals surface area contributed by atoms with E-state index < -0.39 is 0 Å². The van der Waals surface area contributed by atoms with Gasteiger partial charge in [-0.1, -0.05) is 18.2 Å². The first-order chi connectivity index (χ1) is 5.17. The van der Waals surface area contributed by atoms with Gasteiger partial charge < -0.3 is 0 Å². The number of nitrogens with zero attached hydrogens (tertiary/aromatic N) is 1. The summed E-state index contributed by atoms with van der Waals surface area (Å²) in [4.78, 5) is 0. The Kier molecular flexibility index (Phi) is 2.68. The van der Waals surface area contributed by atoms with Crippen molar-refractivity contribution in [3.63, 3.8) is 0 Å². The molecule has 0 saturated carbocycles. The van der Waals surface area contributed by atoms with Gasteiger partial charge >= 0.3 is 0 Å². The molecule has 1 aromatic rings. The fourth-order valence-corrected chi connectivity index (χ4v) is 1.19. The van der Waals surface area contributed by atoms with Crippen LogP contribution in [0.15, 0.2) is 30.3 Å². The third-order valence-electron chi connectivity index (χ3n) is 1.75. The summed E-state index contributed by atoms with van der Waals surface area (Å²) in [6.07, 6.45) is 0. The molecule has 1 rings (SSSR count). The van der Waals surface area contributed by atoms with Crippen LogP contribution >= 0.6 is 15.9 Å². The molecule has 0 unspecified atom stereocenters. The van der Waals surface area contributed by atoms with Gasteiger partial charge in [0.15, 0.2) is 0 Å². The van der Waals surface area contributed by atoms with E-state index in [1.165, 1.54) is 5.69 Å². The topological polar surface area (TPSA) is 0 Å². The van der Waals surface area contributed by atoms with Crippen molar-refractivity contribution in [3.05, 3.63) is 30.3 Å². The maximum Gasteiger partial charge on any atom is 0.138 e. The molecule has 2 heteroatoms. The highest BCUT2D eigenvalue weighted by Gasteiger charge is 2.15. The molecular formula is C9H13BrN+. The highest BCUT2D eigenvalue weighted by molar-refractivity contribution is 9.09. The number of halogens is 1. The van der Waals surface area contributed by atoms with E-state index in [2.05, 4.69) is 54.3 Å². The second kappa shape index (κ2) is 3.37. The lowest BCUT2D eigenvalue weighted by Gasteiger charge is -2.26. The van der Waals surface area contributed by atoms with E-state index in [0.717, 1.165) is 9.94 Å². The van der Waals surface area contributed by atoms with Crippen LogP contribution in [0.5, 0.6) is 0 Å². The van der Waals surface area contributed by atoms with E-state index in [0.29, 0.717) is 0 Å². The molecule has 0 amide bonds. The van der Waals surface area contributed by atoms with Crippen LogP contribution in [-0.4, -0.2) is 19.5 Å². The summed E-state index contributed by atoms with van der Waals surface area (Å²) in [5, 5.41) is 0. The SMILES string of the molecule is C[N+](C)(CBr)c1ccccc1. The van der Waals surface area contributed by atoms with Gasteiger partial charge in [0.1, 0.15) is 11.1 Å². The highest BCUT2D eigenvalue weighted by atomic mass is 79.9. The summed E-state index contributed by atoms with van der Waals surface area (Å²) in [6.45, 7) is 0. The van der Waals surface area contributed by atoms with Gasteiger partial charge in [-0.25, -0.2) is 0 Å². The van der Waals surface area contributed by atoms with Crippen LogP contribution in [0.2, 0.25) is 0 Å². The Hall–Kier alpha value is -0.340. The molecule has 0 aromatic heterocycles. The first kappa shape index (κ1) is 8.75. The number of quaternary nitrogens is 1. The van der Waals surface area contributed by atoms with Crippen LogP contribution < -0.4 is 4.48 Å². The minimum Gasteiger partial charge on any atom is -0.287 e. The van der Waals surface area contributed by atoms with Gasteiger partial charge in [-0.3, -0.25) is 4.48 Å². The fourth-order valence-electron chi connectivity index (χ4n) is 0.901. The number of alkyl halides is 1. The minimum absolute atomic E-state index is 0.876. The van der Waals surface area contributed by atoms with Gasteiger partial charge in [0.05, 0.1) is 14.1 Å². The van der Waals surface area contributed by atoms with Crippen molar-refractivity contribution in [1.82, 2.24) is 4.48 Å². The summed E-state index contributed by atoms with van der Waals surface area (Å²) < 4.78 is 0.876. The van der Waals surface area contributed by atoms with Gasteiger partial charge in [-0.05, 0) is 28.1 Å². The summed E-state index contributed by atoms with van der Waals surface area (Å²) in [7, 11) is 4.34.